The molecule has 2 aromatic carbocycles. The van der Waals surface area contributed by atoms with E-state index in [9.17, 15) is 8.42 Å². The highest BCUT2D eigenvalue weighted by atomic mass is 32.2. The zero-order chi connectivity index (χ0) is 28.0. The van der Waals surface area contributed by atoms with Gasteiger partial charge < -0.3 is 15.0 Å². The Morgan fingerprint density at radius 2 is 1.95 bits per heavy atom. The summed E-state index contributed by atoms with van der Waals surface area (Å²) >= 11 is 5.12. The van der Waals surface area contributed by atoms with Crippen LogP contribution in [0, 0.1) is 12.3 Å². The smallest absolute Gasteiger partial charge is 0.261 e. The van der Waals surface area contributed by atoms with E-state index in [1.165, 1.54) is 17.3 Å². The minimum absolute atomic E-state index is 0.124. The maximum absolute atomic E-state index is 13.3. The fourth-order valence-corrected chi connectivity index (χ4v) is 6.71. The molecule has 206 valence electrons. The van der Waals surface area contributed by atoms with Crippen LogP contribution < -0.4 is 14.6 Å². The van der Waals surface area contributed by atoms with E-state index < -0.39 is 10.0 Å². The fraction of sp³-hybridized carbons (Fsp3) is 0.400. The normalized spacial score (nSPS) is 15.0. The van der Waals surface area contributed by atoms with Crippen molar-refractivity contribution in [2.75, 3.05) is 36.3 Å². The van der Waals surface area contributed by atoms with E-state index in [-0.39, 0.29) is 10.1 Å². The Morgan fingerprint density at radius 3 is 2.67 bits per heavy atom. The van der Waals surface area contributed by atoms with E-state index in [0.29, 0.717) is 30.4 Å². The first-order valence-electron chi connectivity index (χ1n) is 13.5. The maximum Gasteiger partial charge on any atom is 0.261 e. The lowest BCUT2D eigenvalue weighted by Crippen LogP contribution is -2.44. The van der Waals surface area contributed by atoms with Gasteiger partial charge in [-0.25, -0.2) is 8.42 Å². The zero-order valence-corrected chi connectivity index (χ0v) is 24.5. The molecule has 1 aliphatic carbocycles. The molecule has 1 aliphatic rings. The Bertz CT molecular complexity index is 1490. The number of nitrogens with one attached hydrogen (secondary N) is 2. The summed E-state index contributed by atoms with van der Waals surface area (Å²) in [5, 5.41) is 4.06. The van der Waals surface area contributed by atoms with Crippen molar-refractivity contribution < 1.29 is 17.7 Å². The van der Waals surface area contributed by atoms with Gasteiger partial charge in [0.1, 0.15) is 0 Å². The van der Waals surface area contributed by atoms with Crippen molar-refractivity contribution in [1.29, 1.82) is 0 Å². The van der Waals surface area contributed by atoms with Gasteiger partial charge in [0.2, 0.25) is 12.1 Å². The molecule has 0 bridgehead atoms. The molecule has 39 heavy (non-hydrogen) atoms. The lowest BCUT2D eigenvalue weighted by molar-refractivity contribution is -0.668. The maximum atomic E-state index is 13.3. The van der Waals surface area contributed by atoms with Crippen LogP contribution in [-0.4, -0.2) is 44.7 Å². The van der Waals surface area contributed by atoms with Crippen LogP contribution in [-0.2, 0) is 27.7 Å². The predicted molar refractivity (Wildman–Crippen MR) is 162 cm³/mol. The van der Waals surface area contributed by atoms with Gasteiger partial charge >= 0.3 is 0 Å². The molecule has 3 aromatic rings. The molecule has 0 radical (unpaired) electrons. The summed E-state index contributed by atoms with van der Waals surface area (Å²) in [4.78, 5) is 2.59. The van der Waals surface area contributed by atoms with E-state index in [4.69, 9.17) is 23.4 Å². The van der Waals surface area contributed by atoms with Crippen molar-refractivity contribution in [1.82, 2.24) is 4.90 Å². The number of likely N-dealkylation sites (N-methyl/N-ethyl adjacent to an activating group) is 1. The van der Waals surface area contributed by atoms with Crippen LogP contribution >= 0.6 is 12.2 Å². The van der Waals surface area contributed by atoms with Gasteiger partial charge in [0.25, 0.3) is 15.2 Å². The third-order valence-electron chi connectivity index (χ3n) is 7.19. The number of terminal acetylenes is 1. The molecule has 7 nitrogen and oxygen atoms in total. The lowest BCUT2D eigenvalue weighted by atomic mass is 9.84. The molecule has 0 fully saturated rings. The van der Waals surface area contributed by atoms with Crippen molar-refractivity contribution in [3.05, 3.63) is 59.8 Å². The van der Waals surface area contributed by atoms with Gasteiger partial charge in [-0.15, -0.1) is 6.42 Å². The molecule has 0 amide bonds. The number of aromatic nitrogens is 1. The number of rotatable bonds is 10. The molecule has 0 aliphatic heterocycles. The molecule has 1 aromatic heterocycles. The molecule has 0 saturated carbocycles. The van der Waals surface area contributed by atoms with Gasteiger partial charge in [-0.1, -0.05) is 19.9 Å². The summed E-state index contributed by atoms with van der Waals surface area (Å²) in [6, 6.07) is 14.3. The van der Waals surface area contributed by atoms with Crippen LogP contribution in [0.25, 0.3) is 10.9 Å². The quantitative estimate of drug-likeness (QED) is 0.204. The van der Waals surface area contributed by atoms with E-state index in [1.807, 2.05) is 19.1 Å². The van der Waals surface area contributed by atoms with Gasteiger partial charge in [-0.05, 0) is 93.8 Å². The second-order valence-electron chi connectivity index (χ2n) is 9.67. The fourth-order valence-electron chi connectivity index (χ4n) is 5.38. The van der Waals surface area contributed by atoms with E-state index in [0.717, 1.165) is 49.8 Å². The minimum Gasteiger partial charge on any atom is -0.471 e. The van der Waals surface area contributed by atoms with Gasteiger partial charge in [-0.2, -0.15) is 4.57 Å². The van der Waals surface area contributed by atoms with Crippen LogP contribution in [0.1, 0.15) is 50.8 Å². The summed E-state index contributed by atoms with van der Waals surface area (Å²) in [6.45, 7) is 10.2. The van der Waals surface area contributed by atoms with Crippen LogP contribution in [0.2, 0.25) is 0 Å². The third kappa shape index (κ3) is 6.70. The van der Waals surface area contributed by atoms with Crippen LogP contribution in [0.4, 0.5) is 11.4 Å². The summed E-state index contributed by atoms with van der Waals surface area (Å²) < 4.78 is 36.8. The molecule has 9 heteroatoms. The first-order chi connectivity index (χ1) is 18.8. The number of sulfonamides is 1. The Balaban J connectivity index is 1.67. The highest BCUT2D eigenvalue weighted by Gasteiger charge is 2.32. The van der Waals surface area contributed by atoms with Crippen LogP contribution in [0.3, 0.4) is 0 Å². The Labute approximate surface area is 237 Å². The van der Waals surface area contributed by atoms with E-state index in [2.05, 4.69) is 45.3 Å². The second kappa shape index (κ2) is 12.8. The molecule has 4 rings (SSSR count). The molecule has 2 N–H and O–H groups in total. The SMILES string of the molecule is C#CC[n+]1c2c(cc3cc(NS(=O)(=O)c4cccc(NC(=S)OCC)c4)ccc31)CCCC2CN(CC)CC. The van der Waals surface area contributed by atoms with Gasteiger partial charge in [0.15, 0.2) is 5.69 Å². The number of benzene rings is 2. The molecule has 1 unspecified atom stereocenters. The number of nitrogens with zero attached hydrogens (tertiary/aromatic N) is 2. The Kier molecular flexibility index (Phi) is 9.44. The summed E-state index contributed by atoms with van der Waals surface area (Å²) in [7, 11) is -3.84. The highest BCUT2D eigenvalue weighted by Crippen LogP contribution is 2.33. The number of pyridine rings is 1. The average Bonchev–Trinajstić information content (AvgIpc) is 2.91. The van der Waals surface area contributed by atoms with Crippen molar-refractivity contribution in [2.45, 2.75) is 57.4 Å². The van der Waals surface area contributed by atoms with Gasteiger partial charge in [0.05, 0.1) is 17.4 Å². The minimum atomic E-state index is -3.84. The number of thiocarbonyl (C=S) groups is 1. The second-order valence-corrected chi connectivity index (χ2v) is 11.7. The largest absolute Gasteiger partial charge is 0.471 e. The number of ether oxygens (including phenoxy) is 1. The first kappa shape index (κ1) is 28.8. The zero-order valence-electron chi connectivity index (χ0n) is 22.9. The Hall–Kier alpha value is -3.19. The monoisotopic (exact) mass is 565 g/mol. The predicted octanol–water partition coefficient (Wildman–Crippen LogP) is 5.06. The molecule has 1 heterocycles. The summed E-state index contributed by atoms with van der Waals surface area (Å²) in [6.07, 6.45) is 9.08. The lowest BCUT2D eigenvalue weighted by Gasteiger charge is -2.28. The van der Waals surface area contributed by atoms with Crippen molar-refractivity contribution in [3.63, 3.8) is 0 Å². The van der Waals surface area contributed by atoms with Crippen molar-refractivity contribution in [3.8, 4) is 12.3 Å². The average molecular weight is 566 g/mol. The van der Waals surface area contributed by atoms with Crippen LogP contribution in [0.15, 0.2) is 53.4 Å². The number of hydrogen-bond acceptors (Lipinski definition) is 5. The standard InChI is InChI=1S/C30H36N4O3S2/c1-5-17-34-28-16-15-26(32-39(35,36)27-14-10-13-25(20-27)31-30(38)37-8-4)19-24(28)18-22-11-9-12-23(29(22)34)21-33(6-2)7-3/h1,10,13-16,18-20,23,32H,6-9,11-12,17,21H2,2-4H3/p+1. The van der Waals surface area contributed by atoms with Gasteiger partial charge in [-0.3, -0.25) is 4.72 Å². The summed E-state index contributed by atoms with van der Waals surface area (Å²) in [5.74, 6) is 3.26. The molecule has 1 atom stereocenters. The highest BCUT2D eigenvalue weighted by molar-refractivity contribution is 7.92. The van der Waals surface area contributed by atoms with Crippen LogP contribution in [0.5, 0.6) is 0 Å². The van der Waals surface area contributed by atoms with E-state index >= 15 is 0 Å². The van der Waals surface area contributed by atoms with Gasteiger partial charge in [0, 0.05) is 34.9 Å². The molecule has 0 spiro atoms. The molecular weight excluding hydrogens is 528 g/mol. The molecule has 0 saturated heterocycles. The number of anilines is 2. The van der Waals surface area contributed by atoms with Crippen molar-refractivity contribution in [2.24, 2.45) is 0 Å². The number of hydrogen-bond donors (Lipinski definition) is 2. The number of aryl methyl sites for hydroxylation is 1. The number of fused-ring (bicyclic) bond motifs is 2. The third-order valence-corrected chi connectivity index (χ3v) is 8.79. The van der Waals surface area contributed by atoms with Crippen molar-refractivity contribution >= 4 is 49.7 Å². The van der Waals surface area contributed by atoms with E-state index in [1.54, 1.807) is 24.3 Å². The molecular formula is C30H37N4O3S2+. The topological polar surface area (TPSA) is 74.5 Å². The Morgan fingerprint density at radius 1 is 1.15 bits per heavy atom. The first-order valence-corrected chi connectivity index (χ1v) is 15.4. The summed E-state index contributed by atoms with van der Waals surface area (Å²) in [5.41, 5.74) is 4.66.